The van der Waals surface area contributed by atoms with E-state index in [1.165, 1.54) is 16.4 Å². The lowest BCUT2D eigenvalue weighted by Crippen LogP contribution is -2.50. The molecule has 0 aliphatic carbocycles. The van der Waals surface area contributed by atoms with Gasteiger partial charge in [-0.1, -0.05) is 12.1 Å². The first kappa shape index (κ1) is 22.1. The normalized spacial score (nSPS) is 16.7. The number of nitrogens with zero attached hydrogens (tertiary/aromatic N) is 2. The van der Waals surface area contributed by atoms with Crippen LogP contribution >= 0.6 is 0 Å². The minimum absolute atomic E-state index is 0.00603. The molecule has 0 radical (unpaired) electrons. The number of hydrogen-bond donors (Lipinski definition) is 1. The number of aryl methyl sites for hydroxylation is 1. The van der Waals surface area contributed by atoms with Crippen LogP contribution < -0.4 is 14.8 Å². The minimum atomic E-state index is -3.75. The van der Waals surface area contributed by atoms with E-state index in [4.69, 9.17) is 9.47 Å². The van der Waals surface area contributed by atoms with E-state index in [1.807, 2.05) is 24.3 Å². The summed E-state index contributed by atoms with van der Waals surface area (Å²) in [6.45, 7) is 1.03. The molecule has 0 atom stereocenters. The third kappa shape index (κ3) is 4.71. The van der Waals surface area contributed by atoms with Crippen molar-refractivity contribution < 1.29 is 27.5 Å². The number of hydrogen-bond acceptors (Lipinski definition) is 6. The smallest absolute Gasteiger partial charge is 0.262 e. The number of nitrogens with one attached hydrogen (secondary N) is 1. The van der Waals surface area contributed by atoms with Gasteiger partial charge in [0.15, 0.2) is 6.61 Å². The molecule has 2 aliphatic heterocycles. The van der Waals surface area contributed by atoms with Crippen LogP contribution in [0.4, 0.5) is 5.69 Å². The van der Waals surface area contributed by atoms with Gasteiger partial charge in [-0.3, -0.25) is 9.59 Å². The largest absolute Gasteiger partial charge is 0.497 e. The number of rotatable bonds is 6. The highest BCUT2D eigenvalue weighted by atomic mass is 32.2. The quantitative estimate of drug-likeness (QED) is 0.702. The second-order valence-corrected chi connectivity index (χ2v) is 9.57. The number of sulfonamides is 1. The van der Waals surface area contributed by atoms with Crippen LogP contribution in [0.1, 0.15) is 12.0 Å². The molecule has 1 saturated heterocycles. The Morgan fingerprint density at radius 2 is 1.81 bits per heavy atom. The van der Waals surface area contributed by atoms with Crippen LogP contribution in [-0.4, -0.2) is 69.3 Å². The lowest BCUT2D eigenvalue weighted by molar-refractivity contribution is -0.132. The van der Waals surface area contributed by atoms with Crippen LogP contribution in [0.2, 0.25) is 0 Å². The van der Waals surface area contributed by atoms with E-state index in [2.05, 4.69) is 5.32 Å². The maximum atomic E-state index is 13.1. The van der Waals surface area contributed by atoms with Crippen LogP contribution in [0.3, 0.4) is 0 Å². The fraction of sp³-hybridized carbons (Fsp3) is 0.364. The molecule has 4 rings (SSSR count). The molecular formula is C22H25N3O6S. The molecular weight excluding hydrogens is 434 g/mol. The Morgan fingerprint density at radius 3 is 2.50 bits per heavy atom. The fourth-order valence-electron chi connectivity index (χ4n) is 3.75. The highest BCUT2D eigenvalue weighted by Crippen LogP contribution is 2.31. The topological polar surface area (TPSA) is 105 Å². The predicted molar refractivity (Wildman–Crippen MR) is 117 cm³/mol. The molecule has 0 aromatic heterocycles. The average Bonchev–Trinajstić information content (AvgIpc) is 2.82. The molecule has 0 unspecified atom stereocenters. The second kappa shape index (κ2) is 9.17. The number of carbonyl (C=O) groups is 2. The highest BCUT2D eigenvalue weighted by molar-refractivity contribution is 7.89. The van der Waals surface area contributed by atoms with Crippen LogP contribution in [0.15, 0.2) is 47.4 Å². The molecule has 2 aromatic rings. The molecule has 2 amide bonds. The standard InChI is InChI=1S/C22H25N3O6S/c1-30-17-5-2-16(3-6-17)4-9-22(27)24-10-12-25(13-11-24)32(28,29)18-7-8-20-19(14-18)23-21(26)15-31-20/h2-3,5-8,14H,4,9-13,15H2,1H3,(H,23,26). The minimum Gasteiger partial charge on any atom is -0.497 e. The SMILES string of the molecule is COc1ccc(CCC(=O)N2CCN(S(=O)(=O)c3ccc4c(c3)NC(=O)CO4)CC2)cc1. The van der Waals surface area contributed by atoms with Crippen LogP contribution in [0.5, 0.6) is 11.5 Å². The van der Waals surface area contributed by atoms with Gasteiger partial charge < -0.3 is 19.7 Å². The van der Waals surface area contributed by atoms with Crippen molar-refractivity contribution in [3.8, 4) is 11.5 Å². The van der Waals surface area contributed by atoms with Gasteiger partial charge >= 0.3 is 0 Å². The van der Waals surface area contributed by atoms with Crippen molar-refractivity contribution in [2.75, 3.05) is 45.2 Å². The van der Waals surface area contributed by atoms with Crippen molar-refractivity contribution in [1.29, 1.82) is 0 Å². The Bertz CT molecular complexity index is 1110. The van der Waals surface area contributed by atoms with E-state index in [1.54, 1.807) is 18.1 Å². The van der Waals surface area contributed by atoms with E-state index in [0.29, 0.717) is 37.4 Å². The molecule has 2 heterocycles. The Balaban J connectivity index is 1.33. The summed E-state index contributed by atoms with van der Waals surface area (Å²) in [6.07, 6.45) is 0.980. The fourth-order valence-corrected chi connectivity index (χ4v) is 5.20. The summed E-state index contributed by atoms with van der Waals surface area (Å²) >= 11 is 0. The zero-order chi connectivity index (χ0) is 22.7. The van der Waals surface area contributed by atoms with E-state index < -0.39 is 10.0 Å². The van der Waals surface area contributed by atoms with Gasteiger partial charge in [-0.15, -0.1) is 0 Å². The Labute approximate surface area is 187 Å². The third-order valence-electron chi connectivity index (χ3n) is 5.60. The van der Waals surface area contributed by atoms with Gasteiger partial charge in [0.05, 0.1) is 17.7 Å². The average molecular weight is 460 g/mol. The molecule has 2 aliphatic rings. The van der Waals surface area contributed by atoms with Crippen molar-refractivity contribution in [1.82, 2.24) is 9.21 Å². The number of carbonyl (C=O) groups excluding carboxylic acids is 2. The first-order valence-corrected chi connectivity index (χ1v) is 11.8. The number of piperazine rings is 1. The summed E-state index contributed by atoms with van der Waals surface area (Å²) in [5.41, 5.74) is 1.39. The molecule has 0 saturated carbocycles. The summed E-state index contributed by atoms with van der Waals surface area (Å²) in [7, 11) is -2.14. The van der Waals surface area contributed by atoms with Crippen LogP contribution in [0.25, 0.3) is 0 Å². The number of anilines is 1. The molecule has 9 nitrogen and oxygen atoms in total. The monoisotopic (exact) mass is 459 g/mol. The third-order valence-corrected chi connectivity index (χ3v) is 7.49. The Kier molecular flexibility index (Phi) is 6.33. The summed E-state index contributed by atoms with van der Waals surface area (Å²) in [5, 5.41) is 2.62. The number of benzene rings is 2. The summed E-state index contributed by atoms with van der Waals surface area (Å²) < 4.78 is 37.9. The number of amides is 2. The van der Waals surface area contributed by atoms with Gasteiger partial charge in [-0.2, -0.15) is 4.31 Å². The molecule has 32 heavy (non-hydrogen) atoms. The van der Waals surface area contributed by atoms with Crippen molar-refractivity contribution in [3.63, 3.8) is 0 Å². The second-order valence-electron chi connectivity index (χ2n) is 7.63. The van der Waals surface area contributed by atoms with Crippen LogP contribution in [0, 0.1) is 0 Å². The van der Waals surface area contributed by atoms with E-state index in [-0.39, 0.29) is 36.4 Å². The first-order chi connectivity index (χ1) is 15.4. The van der Waals surface area contributed by atoms with Crippen LogP contribution in [-0.2, 0) is 26.0 Å². The maximum absolute atomic E-state index is 13.1. The van der Waals surface area contributed by atoms with Crippen molar-refractivity contribution >= 4 is 27.5 Å². The van der Waals surface area contributed by atoms with E-state index >= 15 is 0 Å². The van der Waals surface area contributed by atoms with Gasteiger partial charge in [-0.25, -0.2) is 8.42 Å². The Hall–Kier alpha value is -3.11. The zero-order valence-corrected chi connectivity index (χ0v) is 18.6. The van der Waals surface area contributed by atoms with Gasteiger partial charge in [0, 0.05) is 32.6 Å². The van der Waals surface area contributed by atoms with E-state index in [0.717, 1.165) is 11.3 Å². The van der Waals surface area contributed by atoms with Crippen molar-refractivity contribution in [2.45, 2.75) is 17.7 Å². The van der Waals surface area contributed by atoms with Gasteiger partial charge in [0.25, 0.3) is 5.91 Å². The summed E-state index contributed by atoms with van der Waals surface area (Å²) in [5.74, 6) is 0.891. The summed E-state index contributed by atoms with van der Waals surface area (Å²) in [4.78, 5) is 25.9. The molecule has 170 valence electrons. The number of fused-ring (bicyclic) bond motifs is 1. The van der Waals surface area contributed by atoms with Gasteiger partial charge in [0.2, 0.25) is 15.9 Å². The highest BCUT2D eigenvalue weighted by Gasteiger charge is 2.31. The lowest BCUT2D eigenvalue weighted by Gasteiger charge is -2.34. The maximum Gasteiger partial charge on any atom is 0.262 e. The lowest BCUT2D eigenvalue weighted by atomic mass is 10.1. The molecule has 0 spiro atoms. The molecule has 1 N–H and O–H groups in total. The number of methoxy groups -OCH3 is 1. The molecule has 1 fully saturated rings. The first-order valence-electron chi connectivity index (χ1n) is 10.3. The summed E-state index contributed by atoms with van der Waals surface area (Å²) in [6, 6.07) is 12.0. The van der Waals surface area contributed by atoms with Gasteiger partial charge in [-0.05, 0) is 42.3 Å². The zero-order valence-electron chi connectivity index (χ0n) is 17.7. The molecule has 10 heteroatoms. The Morgan fingerprint density at radius 1 is 1.09 bits per heavy atom. The molecule has 0 bridgehead atoms. The van der Waals surface area contributed by atoms with Crippen molar-refractivity contribution in [2.24, 2.45) is 0 Å². The predicted octanol–water partition coefficient (Wildman–Crippen LogP) is 1.49. The number of ether oxygens (including phenoxy) is 2. The van der Waals surface area contributed by atoms with Crippen molar-refractivity contribution in [3.05, 3.63) is 48.0 Å². The molecule has 2 aromatic carbocycles. The van der Waals surface area contributed by atoms with E-state index in [9.17, 15) is 18.0 Å². The van der Waals surface area contributed by atoms with Gasteiger partial charge in [0.1, 0.15) is 11.5 Å².